The second-order valence-electron chi connectivity index (χ2n) is 6.71. The maximum absolute atomic E-state index is 12.2. The fraction of sp³-hybridized carbons (Fsp3) is 0.409. The van der Waals surface area contributed by atoms with E-state index in [0.29, 0.717) is 13.2 Å². The van der Waals surface area contributed by atoms with Gasteiger partial charge in [0.15, 0.2) is 0 Å². The van der Waals surface area contributed by atoms with Crippen molar-refractivity contribution in [3.8, 4) is 11.5 Å². The summed E-state index contributed by atoms with van der Waals surface area (Å²) in [6, 6.07) is 17.4. The first-order valence-corrected chi connectivity index (χ1v) is 9.68. The smallest absolute Gasteiger partial charge is 0.251 e. The van der Waals surface area contributed by atoms with Crippen LogP contribution in [0.25, 0.3) is 0 Å². The Bertz CT molecular complexity index is 695. The number of rotatable bonds is 8. The number of carbonyl (C=O) groups is 1. The van der Waals surface area contributed by atoms with Gasteiger partial charge in [-0.25, -0.2) is 0 Å². The van der Waals surface area contributed by atoms with Crippen molar-refractivity contribution in [2.45, 2.75) is 25.8 Å². The van der Waals surface area contributed by atoms with E-state index in [2.05, 4.69) is 10.2 Å². The molecule has 5 nitrogen and oxygen atoms in total. The van der Waals surface area contributed by atoms with Crippen LogP contribution in [0.5, 0.6) is 11.5 Å². The van der Waals surface area contributed by atoms with Gasteiger partial charge in [0, 0.05) is 31.2 Å². The number of hydrogen-bond acceptors (Lipinski definition) is 4. The number of hydrogen-bond donors (Lipinski definition) is 1. The molecule has 0 aliphatic carbocycles. The van der Waals surface area contributed by atoms with E-state index in [9.17, 15) is 4.79 Å². The van der Waals surface area contributed by atoms with Crippen molar-refractivity contribution in [2.75, 3.05) is 32.8 Å². The summed E-state index contributed by atoms with van der Waals surface area (Å²) in [5.74, 6) is 1.75. The number of amides is 1. The molecule has 2 aromatic rings. The molecule has 0 unspecified atom stereocenters. The van der Waals surface area contributed by atoms with E-state index in [-0.39, 0.29) is 11.9 Å². The quantitative estimate of drug-likeness (QED) is 0.776. The summed E-state index contributed by atoms with van der Waals surface area (Å²) in [5, 5.41) is 3.14. The van der Waals surface area contributed by atoms with Crippen LogP contribution < -0.4 is 14.8 Å². The summed E-state index contributed by atoms with van der Waals surface area (Å²) in [6.45, 7) is 6.16. The third-order valence-electron chi connectivity index (χ3n) is 4.77. The number of piperidine rings is 1. The molecule has 2 aromatic carbocycles. The molecule has 1 heterocycles. The highest BCUT2D eigenvalue weighted by Crippen LogP contribution is 2.18. The van der Waals surface area contributed by atoms with Crippen molar-refractivity contribution in [2.24, 2.45) is 0 Å². The molecular weight excluding hydrogens is 340 g/mol. The Kier molecular flexibility index (Phi) is 7.11. The van der Waals surface area contributed by atoms with Gasteiger partial charge in [0.2, 0.25) is 0 Å². The normalized spacial score (nSPS) is 15.3. The zero-order chi connectivity index (χ0) is 18.9. The van der Waals surface area contributed by atoms with Crippen LogP contribution in [0.15, 0.2) is 54.6 Å². The molecule has 1 amide bonds. The van der Waals surface area contributed by atoms with Crippen molar-refractivity contribution in [3.05, 3.63) is 60.2 Å². The molecular formula is C22H28N2O3. The predicted molar refractivity (Wildman–Crippen MR) is 106 cm³/mol. The average Bonchev–Trinajstić information content (AvgIpc) is 2.71. The second kappa shape index (κ2) is 9.97. The molecule has 1 fully saturated rings. The molecule has 27 heavy (non-hydrogen) atoms. The number of benzene rings is 2. The van der Waals surface area contributed by atoms with Gasteiger partial charge in [0.1, 0.15) is 18.1 Å². The van der Waals surface area contributed by atoms with Crippen LogP contribution in [0.4, 0.5) is 0 Å². The average molecular weight is 368 g/mol. The van der Waals surface area contributed by atoms with E-state index in [1.165, 1.54) is 0 Å². The molecule has 1 saturated heterocycles. The van der Waals surface area contributed by atoms with Crippen LogP contribution in [-0.2, 0) is 0 Å². The van der Waals surface area contributed by atoms with Gasteiger partial charge in [0.05, 0.1) is 6.61 Å². The molecule has 0 spiro atoms. The minimum atomic E-state index is 0.0212. The van der Waals surface area contributed by atoms with Crippen LogP contribution in [0.1, 0.15) is 30.1 Å². The first kappa shape index (κ1) is 19.2. The monoisotopic (exact) mass is 368 g/mol. The summed E-state index contributed by atoms with van der Waals surface area (Å²) in [7, 11) is 0. The van der Waals surface area contributed by atoms with Crippen molar-refractivity contribution in [3.63, 3.8) is 0 Å². The van der Waals surface area contributed by atoms with Crippen LogP contribution in [0.3, 0.4) is 0 Å². The van der Waals surface area contributed by atoms with Gasteiger partial charge in [-0.05, 0) is 56.2 Å². The van der Waals surface area contributed by atoms with Crippen LogP contribution in [-0.4, -0.2) is 49.7 Å². The van der Waals surface area contributed by atoms with Gasteiger partial charge < -0.3 is 14.8 Å². The van der Waals surface area contributed by atoms with E-state index < -0.39 is 0 Å². The molecule has 0 radical (unpaired) electrons. The molecule has 0 bridgehead atoms. The Labute approximate surface area is 161 Å². The van der Waals surface area contributed by atoms with Gasteiger partial charge in [0.25, 0.3) is 5.91 Å². The Morgan fingerprint density at radius 2 is 1.63 bits per heavy atom. The van der Waals surface area contributed by atoms with E-state index in [0.717, 1.165) is 49.5 Å². The molecule has 144 valence electrons. The number of nitrogens with one attached hydrogen (secondary N) is 1. The highest BCUT2D eigenvalue weighted by molar-refractivity contribution is 5.94. The minimum Gasteiger partial charge on any atom is -0.494 e. The number of nitrogens with zero attached hydrogens (tertiary/aromatic N) is 1. The molecule has 0 saturated carbocycles. The van der Waals surface area contributed by atoms with Crippen molar-refractivity contribution < 1.29 is 14.3 Å². The molecule has 0 atom stereocenters. The van der Waals surface area contributed by atoms with Crippen molar-refractivity contribution in [1.29, 1.82) is 0 Å². The molecule has 1 aliphatic heterocycles. The summed E-state index contributed by atoms with van der Waals surface area (Å²) < 4.78 is 11.3. The van der Waals surface area contributed by atoms with Crippen molar-refractivity contribution >= 4 is 5.91 Å². The Hall–Kier alpha value is -2.53. The first-order chi connectivity index (χ1) is 13.2. The largest absolute Gasteiger partial charge is 0.494 e. The maximum atomic E-state index is 12.2. The number of likely N-dealkylation sites (tertiary alicyclic amines) is 1. The zero-order valence-corrected chi connectivity index (χ0v) is 15.9. The van der Waals surface area contributed by atoms with E-state index in [1.54, 1.807) is 0 Å². The lowest BCUT2D eigenvalue weighted by molar-refractivity contribution is 0.0905. The SMILES string of the molecule is CCOc1ccc(OCCN2CCC(NC(=O)c3ccccc3)CC2)cc1. The number of carbonyl (C=O) groups excluding carboxylic acids is 1. The molecule has 1 aliphatic rings. The highest BCUT2D eigenvalue weighted by Gasteiger charge is 2.20. The summed E-state index contributed by atoms with van der Waals surface area (Å²) in [6.07, 6.45) is 1.95. The lowest BCUT2D eigenvalue weighted by Gasteiger charge is -2.32. The van der Waals surface area contributed by atoms with Gasteiger partial charge >= 0.3 is 0 Å². The highest BCUT2D eigenvalue weighted by atomic mass is 16.5. The molecule has 0 aromatic heterocycles. The zero-order valence-electron chi connectivity index (χ0n) is 15.9. The first-order valence-electron chi connectivity index (χ1n) is 9.68. The van der Waals surface area contributed by atoms with Gasteiger partial charge in [-0.3, -0.25) is 9.69 Å². The van der Waals surface area contributed by atoms with Crippen LogP contribution in [0.2, 0.25) is 0 Å². The summed E-state index contributed by atoms with van der Waals surface area (Å²) in [5.41, 5.74) is 0.726. The summed E-state index contributed by atoms with van der Waals surface area (Å²) >= 11 is 0. The number of ether oxygens (including phenoxy) is 2. The lowest BCUT2D eigenvalue weighted by atomic mass is 10.0. The van der Waals surface area contributed by atoms with Crippen LogP contribution in [0, 0.1) is 0 Å². The summed E-state index contributed by atoms with van der Waals surface area (Å²) in [4.78, 5) is 14.6. The Balaban J connectivity index is 1.34. The molecule has 1 N–H and O–H groups in total. The third-order valence-corrected chi connectivity index (χ3v) is 4.77. The van der Waals surface area contributed by atoms with Crippen molar-refractivity contribution in [1.82, 2.24) is 10.2 Å². The lowest BCUT2D eigenvalue weighted by Crippen LogP contribution is -2.45. The molecule has 5 heteroatoms. The van der Waals surface area contributed by atoms with E-state index in [1.807, 2.05) is 61.5 Å². The van der Waals surface area contributed by atoms with E-state index in [4.69, 9.17) is 9.47 Å². The second-order valence-corrected chi connectivity index (χ2v) is 6.71. The van der Waals surface area contributed by atoms with Gasteiger partial charge in [-0.2, -0.15) is 0 Å². The fourth-order valence-electron chi connectivity index (χ4n) is 3.25. The predicted octanol–water partition coefficient (Wildman–Crippen LogP) is 3.36. The van der Waals surface area contributed by atoms with Gasteiger partial charge in [-0.1, -0.05) is 18.2 Å². The minimum absolute atomic E-state index is 0.0212. The van der Waals surface area contributed by atoms with Gasteiger partial charge in [-0.15, -0.1) is 0 Å². The third kappa shape index (κ3) is 6.00. The standard InChI is InChI=1S/C22H28N2O3/c1-2-26-20-8-10-21(11-9-20)27-17-16-24-14-12-19(13-15-24)23-22(25)18-6-4-3-5-7-18/h3-11,19H,2,12-17H2,1H3,(H,23,25). The van der Waals surface area contributed by atoms with E-state index >= 15 is 0 Å². The topological polar surface area (TPSA) is 50.8 Å². The maximum Gasteiger partial charge on any atom is 0.251 e. The Morgan fingerprint density at radius 3 is 2.26 bits per heavy atom. The molecule has 3 rings (SSSR count). The fourth-order valence-corrected chi connectivity index (χ4v) is 3.25. The Morgan fingerprint density at radius 1 is 1.00 bits per heavy atom. The van der Waals surface area contributed by atoms with Crippen LogP contribution >= 0.6 is 0 Å².